The Morgan fingerprint density at radius 2 is 2.26 bits per heavy atom. The summed E-state index contributed by atoms with van der Waals surface area (Å²) >= 11 is 0. The summed E-state index contributed by atoms with van der Waals surface area (Å²) in [5, 5.41) is 17.9. The number of hydrogen-bond acceptors (Lipinski definition) is 7. The molecule has 0 unspecified atom stereocenters. The topological polar surface area (TPSA) is 124 Å². The second kappa shape index (κ2) is 5.31. The third-order valence-corrected chi connectivity index (χ3v) is 2.42. The van der Waals surface area contributed by atoms with Gasteiger partial charge in [0, 0.05) is 19.3 Å². The van der Waals surface area contributed by atoms with Crippen LogP contribution in [0.15, 0.2) is 24.4 Å². The van der Waals surface area contributed by atoms with Gasteiger partial charge in [0.2, 0.25) is 5.82 Å². The largest absolute Gasteiger partial charge is 0.359 e. The van der Waals surface area contributed by atoms with Crippen LogP contribution in [0.2, 0.25) is 0 Å². The van der Waals surface area contributed by atoms with Gasteiger partial charge in [0.1, 0.15) is 5.82 Å². The van der Waals surface area contributed by atoms with Gasteiger partial charge in [-0.05, 0) is 12.1 Å². The van der Waals surface area contributed by atoms with E-state index < -0.39 is 4.92 Å². The van der Waals surface area contributed by atoms with Crippen LogP contribution in [0.5, 0.6) is 0 Å². The van der Waals surface area contributed by atoms with Crippen molar-refractivity contribution in [1.82, 2.24) is 14.8 Å². The summed E-state index contributed by atoms with van der Waals surface area (Å²) in [4.78, 5) is 14.4. The molecule has 0 saturated heterocycles. The number of pyridine rings is 1. The van der Waals surface area contributed by atoms with Crippen molar-refractivity contribution in [3.8, 4) is 0 Å². The maximum absolute atomic E-state index is 10.9. The van der Waals surface area contributed by atoms with Crippen molar-refractivity contribution in [2.45, 2.75) is 6.54 Å². The molecule has 2 aromatic heterocycles. The van der Waals surface area contributed by atoms with Gasteiger partial charge in [0.15, 0.2) is 0 Å². The number of nitrogens with two attached hydrogens (primary N) is 1. The third kappa shape index (κ3) is 2.96. The van der Waals surface area contributed by atoms with E-state index in [0.29, 0.717) is 12.4 Å². The highest BCUT2D eigenvalue weighted by Crippen LogP contribution is 2.23. The Morgan fingerprint density at radius 3 is 2.84 bits per heavy atom. The van der Waals surface area contributed by atoms with Crippen LogP contribution in [-0.2, 0) is 13.6 Å². The fourth-order valence-electron chi connectivity index (χ4n) is 1.54. The lowest BCUT2D eigenvalue weighted by atomic mass is 10.3. The normalized spacial score (nSPS) is 10.2. The van der Waals surface area contributed by atoms with Gasteiger partial charge in [-0.2, -0.15) is 5.10 Å². The Bertz CT molecular complexity index is 595. The summed E-state index contributed by atoms with van der Waals surface area (Å²) in [6, 6.07) is 4.58. The van der Waals surface area contributed by atoms with Crippen molar-refractivity contribution in [2.75, 3.05) is 10.7 Å². The monoisotopic (exact) mass is 263 g/mol. The molecule has 0 aromatic carbocycles. The Balaban J connectivity index is 2.19. The zero-order chi connectivity index (χ0) is 13.8. The molecule has 100 valence electrons. The molecule has 2 aromatic rings. The predicted octanol–water partition coefficient (Wildman–Crippen LogP) is 0.621. The minimum absolute atomic E-state index is 0.116. The fourth-order valence-corrected chi connectivity index (χ4v) is 1.54. The third-order valence-electron chi connectivity index (χ3n) is 2.42. The number of hydrogen-bond donors (Lipinski definition) is 3. The number of aromatic nitrogens is 3. The summed E-state index contributed by atoms with van der Waals surface area (Å²) < 4.78 is 1.65. The first-order valence-corrected chi connectivity index (χ1v) is 5.44. The van der Waals surface area contributed by atoms with E-state index in [2.05, 4.69) is 20.8 Å². The molecule has 9 heteroatoms. The lowest BCUT2D eigenvalue weighted by Gasteiger charge is -2.06. The highest BCUT2D eigenvalue weighted by Gasteiger charge is 2.15. The minimum atomic E-state index is -0.506. The molecular formula is C10H13N7O2. The zero-order valence-corrected chi connectivity index (χ0v) is 10.2. The number of nitro groups is 1. The number of nitrogens with zero attached hydrogens (tertiary/aromatic N) is 4. The number of rotatable bonds is 5. The van der Waals surface area contributed by atoms with Crippen LogP contribution in [0.1, 0.15) is 5.69 Å². The molecular weight excluding hydrogens is 250 g/mol. The van der Waals surface area contributed by atoms with E-state index in [1.165, 1.54) is 12.1 Å². The highest BCUT2D eigenvalue weighted by atomic mass is 16.6. The van der Waals surface area contributed by atoms with Gasteiger partial charge in [-0.15, -0.1) is 0 Å². The maximum Gasteiger partial charge on any atom is 0.311 e. The molecule has 0 bridgehead atoms. The average molecular weight is 263 g/mol. The number of nitrogen functional groups attached to an aromatic ring is 1. The van der Waals surface area contributed by atoms with E-state index in [0.717, 1.165) is 5.69 Å². The molecule has 0 saturated carbocycles. The molecule has 4 N–H and O–H groups in total. The van der Waals surface area contributed by atoms with Crippen LogP contribution < -0.4 is 16.6 Å². The molecule has 0 aliphatic rings. The van der Waals surface area contributed by atoms with Gasteiger partial charge >= 0.3 is 5.69 Å². The molecule has 0 spiro atoms. The van der Waals surface area contributed by atoms with Gasteiger partial charge in [-0.3, -0.25) is 14.8 Å². The van der Waals surface area contributed by atoms with Crippen molar-refractivity contribution in [1.29, 1.82) is 0 Å². The number of aryl methyl sites for hydroxylation is 1. The molecule has 0 radical (unpaired) electrons. The Hall–Kier alpha value is -2.68. The molecule has 2 rings (SSSR count). The Labute approximate surface area is 108 Å². The maximum atomic E-state index is 10.9. The summed E-state index contributed by atoms with van der Waals surface area (Å²) in [7, 11) is 1.79. The van der Waals surface area contributed by atoms with Gasteiger partial charge < -0.3 is 10.7 Å². The van der Waals surface area contributed by atoms with Crippen LogP contribution in [0.3, 0.4) is 0 Å². The van der Waals surface area contributed by atoms with E-state index >= 15 is 0 Å². The van der Waals surface area contributed by atoms with E-state index in [4.69, 9.17) is 5.84 Å². The molecule has 9 nitrogen and oxygen atoms in total. The summed E-state index contributed by atoms with van der Waals surface area (Å²) in [6.45, 7) is 0.336. The lowest BCUT2D eigenvalue weighted by molar-refractivity contribution is -0.384. The molecule has 0 aliphatic heterocycles. The average Bonchev–Trinajstić information content (AvgIpc) is 2.81. The molecule has 2 heterocycles. The first kappa shape index (κ1) is 12.8. The second-order valence-electron chi connectivity index (χ2n) is 3.80. The summed E-state index contributed by atoms with van der Waals surface area (Å²) in [6.07, 6.45) is 1.79. The van der Waals surface area contributed by atoms with Gasteiger partial charge in [-0.25, -0.2) is 10.8 Å². The van der Waals surface area contributed by atoms with Crippen molar-refractivity contribution in [3.05, 3.63) is 40.2 Å². The van der Waals surface area contributed by atoms with E-state index in [1.54, 1.807) is 17.9 Å². The highest BCUT2D eigenvalue weighted by molar-refractivity contribution is 5.59. The molecule has 19 heavy (non-hydrogen) atoms. The van der Waals surface area contributed by atoms with Gasteiger partial charge in [0.05, 0.1) is 17.2 Å². The first-order chi connectivity index (χ1) is 9.10. The zero-order valence-electron chi connectivity index (χ0n) is 10.2. The molecule has 0 fully saturated rings. The van der Waals surface area contributed by atoms with E-state index in [-0.39, 0.29) is 11.5 Å². The van der Waals surface area contributed by atoms with Crippen molar-refractivity contribution in [2.24, 2.45) is 12.9 Å². The van der Waals surface area contributed by atoms with Crippen LogP contribution in [0.4, 0.5) is 17.3 Å². The first-order valence-electron chi connectivity index (χ1n) is 5.44. The minimum Gasteiger partial charge on any atom is -0.359 e. The molecule has 0 atom stereocenters. The summed E-state index contributed by atoms with van der Waals surface area (Å²) in [5.41, 5.74) is 2.98. The fraction of sp³-hybridized carbons (Fsp3) is 0.200. The number of hydrazine groups is 1. The van der Waals surface area contributed by atoms with Crippen molar-refractivity contribution >= 4 is 17.3 Å². The quantitative estimate of drug-likeness (QED) is 0.410. The lowest BCUT2D eigenvalue weighted by Crippen LogP contribution is -2.11. The smallest absolute Gasteiger partial charge is 0.311 e. The summed E-state index contributed by atoms with van der Waals surface area (Å²) in [5.74, 6) is 5.72. The van der Waals surface area contributed by atoms with E-state index in [1.807, 2.05) is 6.07 Å². The van der Waals surface area contributed by atoms with Gasteiger partial charge in [-0.1, -0.05) is 0 Å². The number of anilines is 2. The van der Waals surface area contributed by atoms with Crippen molar-refractivity contribution < 1.29 is 4.92 Å². The second-order valence-corrected chi connectivity index (χ2v) is 3.80. The predicted molar refractivity (Wildman–Crippen MR) is 69.2 cm³/mol. The standard InChI is InChI=1S/C10H13N7O2/c1-16-5-4-7(15-16)6-12-10-8(17(18)19)2-3-9(13-10)14-11/h2-5H,6,11H2,1H3,(H2,12,13,14). The Kier molecular flexibility index (Phi) is 3.57. The molecule has 0 amide bonds. The van der Waals surface area contributed by atoms with Gasteiger partial charge in [0.25, 0.3) is 0 Å². The Morgan fingerprint density at radius 1 is 1.47 bits per heavy atom. The van der Waals surface area contributed by atoms with Crippen LogP contribution >= 0.6 is 0 Å². The molecule has 0 aliphatic carbocycles. The van der Waals surface area contributed by atoms with E-state index in [9.17, 15) is 10.1 Å². The van der Waals surface area contributed by atoms with Crippen LogP contribution in [0.25, 0.3) is 0 Å². The van der Waals surface area contributed by atoms with Crippen molar-refractivity contribution in [3.63, 3.8) is 0 Å². The SMILES string of the molecule is Cn1ccc(CNc2nc(NN)ccc2[N+](=O)[O-])n1. The number of nitrogens with one attached hydrogen (secondary N) is 2. The van der Waals surface area contributed by atoms with Crippen LogP contribution in [-0.4, -0.2) is 19.7 Å². The van der Waals surface area contributed by atoms with Crippen LogP contribution in [0, 0.1) is 10.1 Å².